The van der Waals surface area contributed by atoms with E-state index in [1.54, 1.807) is 0 Å². The fourth-order valence-corrected chi connectivity index (χ4v) is 1.99. The first-order valence-corrected chi connectivity index (χ1v) is 5.88. The average molecular weight is 273 g/mol. The summed E-state index contributed by atoms with van der Waals surface area (Å²) in [4.78, 5) is 11.2. The number of halogens is 3. The Balaban J connectivity index is 2.50. The number of aliphatic hydroxyl groups is 1. The zero-order valence-corrected chi connectivity index (χ0v) is 10.3. The van der Waals surface area contributed by atoms with Gasteiger partial charge in [0, 0.05) is 5.56 Å². The molecule has 1 amide bonds. The highest BCUT2D eigenvalue weighted by atomic mass is 19.4. The van der Waals surface area contributed by atoms with E-state index in [-0.39, 0.29) is 17.0 Å². The lowest BCUT2D eigenvalue weighted by molar-refractivity contribution is -0.258. The average Bonchev–Trinajstić information content (AvgIpc) is 3.10. The molecule has 0 saturated heterocycles. The number of carbonyl (C=O) groups is 1. The van der Waals surface area contributed by atoms with Gasteiger partial charge in [-0.2, -0.15) is 13.2 Å². The number of hydrogen-bond acceptors (Lipinski definition) is 2. The first-order valence-electron chi connectivity index (χ1n) is 5.88. The maximum Gasteiger partial charge on any atom is 0.421 e. The van der Waals surface area contributed by atoms with Crippen molar-refractivity contribution in [1.29, 1.82) is 0 Å². The minimum Gasteiger partial charge on any atom is -0.376 e. The van der Waals surface area contributed by atoms with E-state index < -0.39 is 17.7 Å². The Hall–Kier alpha value is -1.56. The van der Waals surface area contributed by atoms with Gasteiger partial charge in [-0.1, -0.05) is 12.1 Å². The molecule has 1 fully saturated rings. The number of amides is 1. The lowest BCUT2D eigenvalue weighted by Gasteiger charge is -2.27. The van der Waals surface area contributed by atoms with E-state index in [9.17, 15) is 23.1 Å². The van der Waals surface area contributed by atoms with E-state index in [0.717, 1.165) is 18.9 Å². The van der Waals surface area contributed by atoms with Gasteiger partial charge < -0.3 is 10.8 Å². The van der Waals surface area contributed by atoms with Crippen LogP contribution in [0.4, 0.5) is 13.2 Å². The van der Waals surface area contributed by atoms with Gasteiger partial charge in [0.25, 0.3) is 0 Å². The van der Waals surface area contributed by atoms with Gasteiger partial charge >= 0.3 is 6.18 Å². The highest BCUT2D eigenvalue weighted by molar-refractivity contribution is 5.94. The molecule has 0 spiro atoms. The van der Waals surface area contributed by atoms with Crippen LogP contribution in [0.25, 0.3) is 0 Å². The molecule has 1 atom stereocenters. The Labute approximate surface area is 108 Å². The lowest BCUT2D eigenvalue weighted by Crippen LogP contribution is -2.39. The minimum absolute atomic E-state index is 0.0616. The molecule has 2 rings (SSSR count). The van der Waals surface area contributed by atoms with Crippen LogP contribution in [0, 0.1) is 0 Å². The second kappa shape index (κ2) is 4.23. The van der Waals surface area contributed by atoms with Gasteiger partial charge in [-0.3, -0.25) is 4.79 Å². The molecule has 0 aromatic heterocycles. The van der Waals surface area contributed by atoms with Gasteiger partial charge in [0.2, 0.25) is 5.91 Å². The van der Waals surface area contributed by atoms with E-state index in [0.29, 0.717) is 12.5 Å². The van der Waals surface area contributed by atoms with E-state index in [4.69, 9.17) is 5.73 Å². The summed E-state index contributed by atoms with van der Waals surface area (Å²) in [6.07, 6.45) is -3.14. The van der Waals surface area contributed by atoms with Gasteiger partial charge in [-0.25, -0.2) is 0 Å². The summed E-state index contributed by atoms with van der Waals surface area (Å²) in [7, 11) is 0. The Bertz CT molecular complexity index is 519. The summed E-state index contributed by atoms with van der Waals surface area (Å²) in [5.41, 5.74) is 2.71. The standard InChI is InChI=1S/C13H14F3NO2/c1-12(19,13(14,15)16)8-4-5-9(11(17)18)10(6-8)7-2-3-7/h4-7,19H,2-3H2,1H3,(H2,17,18)/t12-/m0/s1. The predicted molar refractivity (Wildman–Crippen MR) is 62.6 cm³/mol. The van der Waals surface area contributed by atoms with E-state index in [1.807, 2.05) is 0 Å². The van der Waals surface area contributed by atoms with Crippen molar-refractivity contribution in [3.63, 3.8) is 0 Å². The summed E-state index contributed by atoms with van der Waals surface area (Å²) in [5, 5.41) is 9.64. The molecule has 1 aliphatic carbocycles. The van der Waals surface area contributed by atoms with Crippen molar-refractivity contribution in [2.45, 2.75) is 37.5 Å². The second-order valence-corrected chi connectivity index (χ2v) is 5.01. The lowest BCUT2D eigenvalue weighted by atomic mass is 9.90. The summed E-state index contributed by atoms with van der Waals surface area (Å²) in [5.74, 6) is -0.605. The molecule has 1 aromatic carbocycles. The zero-order valence-electron chi connectivity index (χ0n) is 10.3. The predicted octanol–water partition coefficient (Wildman–Crippen LogP) is 2.43. The maximum atomic E-state index is 12.8. The van der Waals surface area contributed by atoms with Crippen molar-refractivity contribution in [3.05, 3.63) is 34.9 Å². The summed E-state index contributed by atoms with van der Waals surface area (Å²) in [6, 6.07) is 3.59. The smallest absolute Gasteiger partial charge is 0.376 e. The van der Waals surface area contributed by atoms with Crippen LogP contribution in [0.2, 0.25) is 0 Å². The molecule has 1 saturated carbocycles. The van der Waals surface area contributed by atoms with Crippen molar-refractivity contribution >= 4 is 5.91 Å². The fraction of sp³-hybridized carbons (Fsp3) is 0.462. The second-order valence-electron chi connectivity index (χ2n) is 5.01. The topological polar surface area (TPSA) is 63.3 Å². The number of benzene rings is 1. The van der Waals surface area contributed by atoms with Gasteiger partial charge in [-0.15, -0.1) is 0 Å². The quantitative estimate of drug-likeness (QED) is 0.888. The number of carbonyl (C=O) groups excluding carboxylic acids is 1. The van der Waals surface area contributed by atoms with Gasteiger partial charge in [0.05, 0.1) is 0 Å². The third kappa shape index (κ3) is 2.45. The summed E-state index contributed by atoms with van der Waals surface area (Å²) in [6.45, 7) is 0.697. The highest BCUT2D eigenvalue weighted by Crippen LogP contribution is 2.45. The van der Waals surface area contributed by atoms with Crippen molar-refractivity contribution in [3.8, 4) is 0 Å². The SMILES string of the molecule is C[C@](O)(c1ccc(C(N)=O)c(C2CC2)c1)C(F)(F)F. The largest absolute Gasteiger partial charge is 0.421 e. The molecule has 19 heavy (non-hydrogen) atoms. The van der Waals surface area contributed by atoms with Crippen LogP contribution >= 0.6 is 0 Å². The first kappa shape index (κ1) is 13.9. The Morgan fingerprint density at radius 2 is 1.95 bits per heavy atom. The molecule has 0 heterocycles. The van der Waals surface area contributed by atoms with Gasteiger partial charge in [0.15, 0.2) is 5.60 Å². The molecule has 0 unspecified atom stereocenters. The number of nitrogens with two attached hydrogens (primary N) is 1. The van der Waals surface area contributed by atoms with Gasteiger partial charge in [-0.05, 0) is 42.9 Å². The van der Waals surface area contributed by atoms with E-state index in [1.165, 1.54) is 12.1 Å². The molecular formula is C13H14F3NO2. The normalized spacial score (nSPS) is 19.0. The zero-order chi connectivity index (χ0) is 14.4. The molecule has 3 N–H and O–H groups in total. The van der Waals surface area contributed by atoms with Crippen LogP contribution in [0.1, 0.15) is 47.2 Å². The van der Waals surface area contributed by atoms with Crippen LogP contribution in [0.15, 0.2) is 18.2 Å². The Morgan fingerprint density at radius 3 is 2.37 bits per heavy atom. The summed E-state index contributed by atoms with van der Waals surface area (Å²) < 4.78 is 38.4. The van der Waals surface area contributed by atoms with Crippen molar-refractivity contribution < 1.29 is 23.1 Å². The molecule has 1 aromatic rings. The molecular weight excluding hydrogens is 259 g/mol. The van der Waals surface area contributed by atoms with Crippen LogP contribution in [0.3, 0.4) is 0 Å². The Morgan fingerprint density at radius 1 is 1.37 bits per heavy atom. The first-order chi connectivity index (χ1) is 8.64. The molecule has 0 bridgehead atoms. The Kier molecular flexibility index (Phi) is 3.09. The molecule has 6 heteroatoms. The third-order valence-electron chi connectivity index (χ3n) is 3.45. The minimum atomic E-state index is -4.78. The van der Waals surface area contributed by atoms with Crippen molar-refractivity contribution in [2.24, 2.45) is 5.73 Å². The number of rotatable bonds is 3. The van der Waals surface area contributed by atoms with E-state index >= 15 is 0 Å². The number of primary amides is 1. The highest BCUT2D eigenvalue weighted by Gasteiger charge is 2.51. The molecule has 0 aliphatic heterocycles. The number of hydrogen-bond donors (Lipinski definition) is 2. The summed E-state index contributed by atoms with van der Waals surface area (Å²) >= 11 is 0. The molecule has 1 aliphatic rings. The van der Waals surface area contributed by atoms with E-state index in [2.05, 4.69) is 0 Å². The van der Waals surface area contributed by atoms with Gasteiger partial charge in [0.1, 0.15) is 0 Å². The molecule has 3 nitrogen and oxygen atoms in total. The van der Waals surface area contributed by atoms with Crippen molar-refractivity contribution in [2.75, 3.05) is 0 Å². The molecule has 0 radical (unpaired) electrons. The third-order valence-corrected chi connectivity index (χ3v) is 3.45. The molecule has 104 valence electrons. The van der Waals surface area contributed by atoms with Crippen LogP contribution in [0.5, 0.6) is 0 Å². The van der Waals surface area contributed by atoms with Crippen LogP contribution < -0.4 is 5.73 Å². The maximum absolute atomic E-state index is 12.8. The fourth-order valence-electron chi connectivity index (χ4n) is 1.99. The van der Waals surface area contributed by atoms with Crippen LogP contribution in [-0.4, -0.2) is 17.2 Å². The number of alkyl halides is 3. The van der Waals surface area contributed by atoms with Crippen LogP contribution in [-0.2, 0) is 5.60 Å². The van der Waals surface area contributed by atoms with Crippen molar-refractivity contribution in [1.82, 2.24) is 0 Å². The monoisotopic (exact) mass is 273 g/mol.